The van der Waals surface area contributed by atoms with Gasteiger partial charge in [0.2, 0.25) is 0 Å². The van der Waals surface area contributed by atoms with Gasteiger partial charge in [-0.3, -0.25) is 0 Å². The van der Waals surface area contributed by atoms with Gasteiger partial charge in [0.15, 0.2) is 0 Å². The summed E-state index contributed by atoms with van der Waals surface area (Å²) < 4.78 is 6.22. The van der Waals surface area contributed by atoms with Crippen molar-refractivity contribution in [1.29, 1.82) is 0 Å². The Morgan fingerprint density at radius 3 is 2.29 bits per heavy atom. The van der Waals surface area contributed by atoms with Gasteiger partial charge in [-0.2, -0.15) is 0 Å². The fourth-order valence-corrected chi connectivity index (χ4v) is 11.3. The lowest BCUT2D eigenvalue weighted by molar-refractivity contribution is -0.365. The van der Waals surface area contributed by atoms with Crippen LogP contribution in [0.25, 0.3) is 0 Å². The molecule has 4 aliphatic carbocycles. The summed E-state index contributed by atoms with van der Waals surface area (Å²) in [5, 5.41) is 0. The van der Waals surface area contributed by atoms with Gasteiger partial charge in [0.25, 0.3) is 0 Å². The first-order chi connectivity index (χ1) is 21.5. The van der Waals surface area contributed by atoms with Crippen molar-refractivity contribution >= 4 is 5.97 Å². The quantitative estimate of drug-likeness (QED) is 0.160. The third-order valence-corrected chi connectivity index (χ3v) is 13.2. The van der Waals surface area contributed by atoms with Crippen molar-refractivity contribution in [3.8, 4) is 0 Å². The van der Waals surface area contributed by atoms with Gasteiger partial charge in [0.1, 0.15) is 12.7 Å². The van der Waals surface area contributed by atoms with Crippen LogP contribution < -0.4 is 0 Å². The van der Waals surface area contributed by atoms with Crippen molar-refractivity contribution in [2.45, 2.75) is 125 Å². The predicted octanol–water partition coefficient (Wildman–Crippen LogP) is 10.3. The second-order valence-corrected chi connectivity index (χ2v) is 16.6. The van der Waals surface area contributed by atoms with Crippen molar-refractivity contribution in [1.82, 2.24) is 0 Å². The summed E-state index contributed by atoms with van der Waals surface area (Å²) in [5.41, 5.74) is 4.69. The van der Waals surface area contributed by atoms with E-state index in [1.807, 2.05) is 31.2 Å². The number of ether oxygens (including phenoxy) is 1. The molecule has 4 fully saturated rings. The van der Waals surface area contributed by atoms with Crippen LogP contribution in [0.1, 0.15) is 119 Å². The molecule has 6 rings (SSSR count). The molecule has 0 saturated heterocycles. The third kappa shape index (κ3) is 6.53. The Bertz CT molecular complexity index is 1330. The average Bonchev–Trinajstić information content (AvgIpc) is 3.35. The van der Waals surface area contributed by atoms with Crippen LogP contribution >= 0.6 is 0 Å². The molecule has 0 aromatic heterocycles. The summed E-state index contributed by atoms with van der Waals surface area (Å²) in [6, 6.07) is 16.3. The van der Waals surface area contributed by atoms with Gasteiger partial charge in [0, 0.05) is 0 Å². The zero-order valence-corrected chi connectivity index (χ0v) is 29.0. The summed E-state index contributed by atoms with van der Waals surface area (Å²) in [7, 11) is 0. The zero-order valence-electron chi connectivity index (χ0n) is 29.0. The monoisotopic (exact) mass is 614 g/mol. The molecule has 0 radical (unpaired) electrons. The number of benzene rings is 2. The van der Waals surface area contributed by atoms with Crippen LogP contribution in [0.4, 0.5) is 0 Å². The maximum Gasteiger partial charge on any atom is 0.338 e. The van der Waals surface area contributed by atoms with Crippen LogP contribution in [0.3, 0.4) is 0 Å². The van der Waals surface area contributed by atoms with E-state index in [2.05, 4.69) is 65.8 Å². The minimum absolute atomic E-state index is 0.0102. The molecule has 0 spiro atoms. The first-order valence-electron chi connectivity index (χ1n) is 18.1. The van der Waals surface area contributed by atoms with Gasteiger partial charge in [-0.05, 0) is 142 Å². The lowest BCUT2D eigenvalue weighted by Gasteiger charge is -2.62. The Kier molecular flexibility index (Phi) is 9.57. The van der Waals surface area contributed by atoms with E-state index in [1.165, 1.54) is 37.7 Å². The molecule has 2 aromatic carbocycles. The molecule has 0 heterocycles. The number of rotatable bonds is 9. The average molecular weight is 615 g/mol. The minimum Gasteiger partial charge on any atom is -0.459 e. The summed E-state index contributed by atoms with van der Waals surface area (Å²) in [5.74, 6) is 4.60. The lowest BCUT2D eigenvalue weighted by atomic mass is 9.43. The fraction of sp³-hybridized carbons (Fsp3) is 0.683. The summed E-state index contributed by atoms with van der Waals surface area (Å²) >= 11 is 0. The first kappa shape index (κ1) is 32.8. The molecule has 4 nitrogen and oxygen atoms in total. The smallest absolute Gasteiger partial charge is 0.338 e. The second-order valence-electron chi connectivity index (χ2n) is 16.6. The molecule has 10 unspecified atom stereocenters. The lowest BCUT2D eigenvalue weighted by Crippen LogP contribution is -2.59. The van der Waals surface area contributed by atoms with Crippen LogP contribution in [0.2, 0.25) is 0 Å². The number of aryl methyl sites for hydroxylation is 2. The molecule has 246 valence electrons. The molecule has 4 aliphatic rings. The fourth-order valence-electron chi connectivity index (χ4n) is 11.3. The standard InChI is InChI=1S/C41H58O4/c1-26(2)20-29(5)34-14-15-35-33-24-38(45-43-25-30-12-8-10-27(3)21-30)37-23-32(44-39(42)31-13-9-11-28(4)22-31)16-18-41(37,7)36(33)17-19-40(34,35)6/h8-13,21-22,26,29,32-38H,14-20,23-25H2,1-7H3. The summed E-state index contributed by atoms with van der Waals surface area (Å²) in [6.45, 7) is 17.1. The van der Waals surface area contributed by atoms with Crippen molar-refractivity contribution in [3.05, 3.63) is 70.8 Å². The molecule has 0 amide bonds. The van der Waals surface area contributed by atoms with Gasteiger partial charge >= 0.3 is 5.97 Å². The van der Waals surface area contributed by atoms with Gasteiger partial charge in [-0.1, -0.05) is 82.1 Å². The molecule has 0 N–H and O–H groups in total. The molecule has 0 aliphatic heterocycles. The number of hydrogen-bond donors (Lipinski definition) is 0. The Labute approximate surface area is 272 Å². The highest BCUT2D eigenvalue weighted by atomic mass is 17.2. The molecule has 10 atom stereocenters. The Hall–Kier alpha value is -2.17. The van der Waals surface area contributed by atoms with E-state index >= 15 is 0 Å². The highest BCUT2D eigenvalue weighted by molar-refractivity contribution is 5.89. The van der Waals surface area contributed by atoms with Crippen LogP contribution in [0, 0.1) is 66.1 Å². The van der Waals surface area contributed by atoms with Crippen LogP contribution in [-0.4, -0.2) is 18.2 Å². The van der Waals surface area contributed by atoms with Gasteiger partial charge in [0.05, 0.1) is 11.7 Å². The predicted molar refractivity (Wildman–Crippen MR) is 180 cm³/mol. The van der Waals surface area contributed by atoms with Crippen LogP contribution in [0.5, 0.6) is 0 Å². The van der Waals surface area contributed by atoms with E-state index in [0.29, 0.717) is 35.3 Å². The largest absolute Gasteiger partial charge is 0.459 e. The minimum atomic E-state index is -0.199. The molecule has 45 heavy (non-hydrogen) atoms. The number of fused-ring (bicyclic) bond motifs is 5. The number of hydrogen-bond acceptors (Lipinski definition) is 4. The SMILES string of the molecule is Cc1cccc(COOC2CC3C4CCC(C(C)CC(C)C)C4(C)CCC3C3(C)CCC(OC(=O)c4cccc(C)c4)CC23)c1. The van der Waals surface area contributed by atoms with Crippen molar-refractivity contribution < 1.29 is 19.3 Å². The zero-order chi connectivity index (χ0) is 31.9. The van der Waals surface area contributed by atoms with Crippen LogP contribution in [0.15, 0.2) is 48.5 Å². The topological polar surface area (TPSA) is 44.8 Å². The summed E-state index contributed by atoms with van der Waals surface area (Å²) in [6.07, 6.45) is 10.6. The highest BCUT2D eigenvalue weighted by Gasteiger charge is 2.63. The van der Waals surface area contributed by atoms with Crippen molar-refractivity contribution in [2.75, 3.05) is 0 Å². The number of carbonyl (C=O) groups is 1. The molecule has 4 heteroatoms. The second kappa shape index (κ2) is 13.1. The normalized spacial score (nSPS) is 36.6. The molecule has 4 saturated carbocycles. The first-order valence-corrected chi connectivity index (χ1v) is 18.1. The van der Waals surface area contributed by atoms with Crippen LogP contribution in [-0.2, 0) is 21.1 Å². The Balaban J connectivity index is 1.22. The van der Waals surface area contributed by atoms with Crippen molar-refractivity contribution in [3.63, 3.8) is 0 Å². The maximum atomic E-state index is 13.2. The van der Waals surface area contributed by atoms with E-state index < -0.39 is 0 Å². The van der Waals surface area contributed by atoms with Gasteiger partial charge < -0.3 is 4.74 Å². The summed E-state index contributed by atoms with van der Waals surface area (Å²) in [4.78, 5) is 25.9. The van der Waals surface area contributed by atoms with Gasteiger partial charge in [-0.15, -0.1) is 0 Å². The number of esters is 1. The maximum absolute atomic E-state index is 13.2. The number of carbonyl (C=O) groups excluding carboxylic acids is 1. The molecule has 2 aromatic rings. The third-order valence-electron chi connectivity index (χ3n) is 13.2. The molecular weight excluding hydrogens is 556 g/mol. The van der Waals surface area contributed by atoms with E-state index in [4.69, 9.17) is 14.5 Å². The highest BCUT2D eigenvalue weighted by Crippen LogP contribution is 2.69. The molecular formula is C41H58O4. The van der Waals surface area contributed by atoms with Gasteiger partial charge in [-0.25, -0.2) is 14.6 Å². The van der Waals surface area contributed by atoms with Crippen molar-refractivity contribution in [2.24, 2.45) is 52.3 Å². The van der Waals surface area contributed by atoms with E-state index in [-0.39, 0.29) is 23.6 Å². The van der Waals surface area contributed by atoms with E-state index in [0.717, 1.165) is 60.5 Å². The molecule has 0 bridgehead atoms. The Morgan fingerprint density at radius 2 is 1.56 bits per heavy atom. The Morgan fingerprint density at radius 1 is 0.844 bits per heavy atom. The van der Waals surface area contributed by atoms with E-state index in [1.54, 1.807) is 0 Å². The van der Waals surface area contributed by atoms with E-state index in [9.17, 15) is 4.79 Å².